The Morgan fingerprint density at radius 3 is 2.68 bits per heavy atom. The first-order chi connectivity index (χ1) is 12.1. The summed E-state index contributed by atoms with van der Waals surface area (Å²) in [5.74, 6) is 0.775. The van der Waals surface area contributed by atoms with Crippen LogP contribution in [0.4, 0.5) is 5.69 Å². The summed E-state index contributed by atoms with van der Waals surface area (Å²) in [6.07, 6.45) is 1.58. The molecule has 1 aromatic heterocycles. The minimum Gasteiger partial charge on any atom is -0.489 e. The van der Waals surface area contributed by atoms with Crippen molar-refractivity contribution in [2.24, 2.45) is 0 Å². The largest absolute Gasteiger partial charge is 0.489 e. The average molecular weight is 335 g/mol. The van der Waals surface area contributed by atoms with Crippen LogP contribution in [0.15, 0.2) is 48.8 Å². The van der Waals surface area contributed by atoms with Crippen molar-refractivity contribution in [2.45, 2.75) is 25.9 Å². The number of anilines is 1. The van der Waals surface area contributed by atoms with Gasteiger partial charge in [0.05, 0.1) is 11.3 Å². The molecule has 1 amide bonds. The van der Waals surface area contributed by atoms with Crippen molar-refractivity contribution in [1.82, 2.24) is 20.2 Å². The molecule has 0 unspecified atom stereocenters. The highest BCUT2D eigenvalue weighted by molar-refractivity contribution is 6.06. The van der Waals surface area contributed by atoms with Crippen molar-refractivity contribution < 1.29 is 9.53 Å². The molecule has 3 aromatic rings. The van der Waals surface area contributed by atoms with Gasteiger partial charge in [0.25, 0.3) is 5.91 Å². The van der Waals surface area contributed by atoms with E-state index in [0.29, 0.717) is 17.0 Å². The third kappa shape index (κ3) is 2.73. The molecule has 0 saturated carbocycles. The maximum Gasteiger partial charge on any atom is 0.259 e. The molecule has 4 rings (SSSR count). The third-order valence-corrected chi connectivity index (χ3v) is 4.53. The lowest BCUT2D eigenvalue weighted by atomic mass is 9.97. The summed E-state index contributed by atoms with van der Waals surface area (Å²) in [5, 5.41) is 13.9. The van der Waals surface area contributed by atoms with Crippen LogP contribution < -0.4 is 10.1 Å². The number of hydrogen-bond donors (Lipinski definition) is 1. The Bertz CT molecular complexity index is 906. The highest BCUT2D eigenvalue weighted by Gasteiger charge is 2.31. The van der Waals surface area contributed by atoms with Gasteiger partial charge in [-0.3, -0.25) is 4.79 Å². The van der Waals surface area contributed by atoms with Crippen molar-refractivity contribution >= 4 is 11.6 Å². The van der Waals surface area contributed by atoms with Crippen LogP contribution in [-0.4, -0.2) is 32.2 Å². The SMILES string of the molecule is C[C@@H]1c2cccc(C(=O)Nc3ccc(-n4cnnn4)cc3)c2O[C@@H]1C. The fourth-order valence-corrected chi connectivity index (χ4v) is 2.94. The van der Waals surface area contributed by atoms with Crippen LogP contribution >= 0.6 is 0 Å². The van der Waals surface area contributed by atoms with Crippen LogP contribution in [0, 0.1) is 0 Å². The number of amides is 1. The minimum absolute atomic E-state index is 0.0690. The first-order valence-electron chi connectivity index (χ1n) is 8.08. The number of tetrazole rings is 1. The van der Waals surface area contributed by atoms with Crippen LogP contribution in [-0.2, 0) is 0 Å². The summed E-state index contributed by atoms with van der Waals surface area (Å²) in [6.45, 7) is 4.12. The van der Waals surface area contributed by atoms with Gasteiger partial charge in [0, 0.05) is 17.2 Å². The van der Waals surface area contributed by atoms with Gasteiger partial charge < -0.3 is 10.1 Å². The monoisotopic (exact) mass is 335 g/mol. The Morgan fingerprint density at radius 2 is 1.96 bits per heavy atom. The lowest BCUT2D eigenvalue weighted by molar-refractivity contribution is 0.102. The standard InChI is InChI=1S/C18H17N5O2/c1-11-12(2)25-17-15(11)4-3-5-16(17)18(24)20-13-6-8-14(9-7-13)23-10-19-21-22-23/h3-12H,1-2H3,(H,20,24)/t11-,12+/m0/s1. The van der Waals surface area contributed by atoms with Crippen molar-refractivity contribution in [3.05, 3.63) is 59.9 Å². The Labute approximate surface area is 144 Å². The summed E-state index contributed by atoms with van der Waals surface area (Å²) in [6, 6.07) is 13.0. The molecule has 0 bridgehead atoms. The lowest BCUT2D eigenvalue weighted by Gasteiger charge is -2.10. The Balaban J connectivity index is 1.55. The van der Waals surface area contributed by atoms with E-state index in [1.807, 2.05) is 43.3 Å². The first kappa shape index (κ1) is 15.3. The fourth-order valence-electron chi connectivity index (χ4n) is 2.94. The molecule has 2 atom stereocenters. The quantitative estimate of drug-likeness (QED) is 0.796. The van der Waals surface area contributed by atoms with Gasteiger partial charge in [-0.05, 0) is 47.7 Å². The van der Waals surface area contributed by atoms with Crippen molar-refractivity contribution in [2.75, 3.05) is 5.32 Å². The third-order valence-electron chi connectivity index (χ3n) is 4.53. The van der Waals surface area contributed by atoms with E-state index in [4.69, 9.17) is 4.74 Å². The normalized spacial score (nSPS) is 18.5. The number of hydrogen-bond acceptors (Lipinski definition) is 5. The number of ether oxygens (including phenoxy) is 1. The Morgan fingerprint density at radius 1 is 1.16 bits per heavy atom. The number of nitrogens with zero attached hydrogens (tertiary/aromatic N) is 4. The molecule has 1 N–H and O–H groups in total. The van der Waals surface area contributed by atoms with Crippen LogP contribution in [0.2, 0.25) is 0 Å². The van der Waals surface area contributed by atoms with E-state index in [1.54, 1.807) is 10.7 Å². The van der Waals surface area contributed by atoms with Crippen molar-refractivity contribution in [3.63, 3.8) is 0 Å². The van der Waals surface area contributed by atoms with Gasteiger partial charge in [-0.25, -0.2) is 4.68 Å². The van der Waals surface area contributed by atoms with Gasteiger partial charge in [-0.2, -0.15) is 0 Å². The highest BCUT2D eigenvalue weighted by atomic mass is 16.5. The topological polar surface area (TPSA) is 81.9 Å². The smallest absolute Gasteiger partial charge is 0.259 e. The molecule has 25 heavy (non-hydrogen) atoms. The maximum atomic E-state index is 12.7. The van der Waals surface area contributed by atoms with Crippen LogP contribution in [0.1, 0.15) is 35.7 Å². The molecule has 1 aliphatic rings. The van der Waals surface area contributed by atoms with E-state index in [-0.39, 0.29) is 17.9 Å². The molecule has 0 spiro atoms. The minimum atomic E-state index is -0.187. The molecule has 7 heteroatoms. The second-order valence-electron chi connectivity index (χ2n) is 6.09. The van der Waals surface area contributed by atoms with Crippen LogP contribution in [0.3, 0.4) is 0 Å². The summed E-state index contributed by atoms with van der Waals surface area (Å²) in [5.41, 5.74) is 3.14. The molecule has 0 saturated heterocycles. The molecule has 2 heterocycles. The maximum absolute atomic E-state index is 12.7. The zero-order valence-corrected chi connectivity index (χ0v) is 13.9. The summed E-state index contributed by atoms with van der Waals surface area (Å²) in [7, 11) is 0. The predicted molar refractivity (Wildman–Crippen MR) is 92.1 cm³/mol. The molecule has 0 aliphatic carbocycles. The molecule has 1 aliphatic heterocycles. The molecule has 126 valence electrons. The molecule has 0 radical (unpaired) electrons. The lowest BCUT2D eigenvalue weighted by Crippen LogP contribution is -2.14. The number of rotatable bonds is 3. The summed E-state index contributed by atoms with van der Waals surface area (Å²) < 4.78 is 7.44. The van der Waals surface area contributed by atoms with Gasteiger partial charge in [0.1, 0.15) is 18.2 Å². The van der Waals surface area contributed by atoms with Crippen molar-refractivity contribution in [3.8, 4) is 11.4 Å². The van der Waals surface area contributed by atoms with Gasteiger partial charge in [0.15, 0.2) is 0 Å². The second kappa shape index (κ2) is 6.01. The number of carbonyl (C=O) groups excluding carboxylic acids is 1. The number of carbonyl (C=O) groups is 1. The number of aromatic nitrogens is 4. The van der Waals surface area contributed by atoms with E-state index >= 15 is 0 Å². The van der Waals surface area contributed by atoms with E-state index < -0.39 is 0 Å². The first-order valence-corrected chi connectivity index (χ1v) is 8.08. The van der Waals surface area contributed by atoms with Gasteiger partial charge in [0.2, 0.25) is 0 Å². The molecule has 7 nitrogen and oxygen atoms in total. The Kier molecular flexibility index (Phi) is 3.68. The predicted octanol–water partition coefficient (Wildman–Crippen LogP) is 2.80. The molecular formula is C18H17N5O2. The van der Waals surface area contributed by atoms with Gasteiger partial charge in [-0.15, -0.1) is 5.10 Å². The molecule has 0 fully saturated rings. The number of nitrogens with one attached hydrogen (secondary N) is 1. The summed E-state index contributed by atoms with van der Waals surface area (Å²) in [4.78, 5) is 12.7. The van der Waals surface area contributed by atoms with Gasteiger partial charge >= 0.3 is 0 Å². The van der Waals surface area contributed by atoms with E-state index in [9.17, 15) is 4.79 Å². The van der Waals surface area contributed by atoms with Crippen LogP contribution in [0.5, 0.6) is 5.75 Å². The zero-order valence-electron chi connectivity index (χ0n) is 13.9. The number of para-hydroxylation sites is 1. The molecular weight excluding hydrogens is 318 g/mol. The zero-order chi connectivity index (χ0) is 17.4. The number of benzene rings is 2. The van der Waals surface area contributed by atoms with Gasteiger partial charge in [-0.1, -0.05) is 19.1 Å². The Hall–Kier alpha value is -3.22. The fraction of sp³-hybridized carbons (Fsp3) is 0.222. The van der Waals surface area contributed by atoms with E-state index in [1.165, 1.54) is 6.33 Å². The summed E-state index contributed by atoms with van der Waals surface area (Å²) >= 11 is 0. The molecule has 2 aromatic carbocycles. The highest BCUT2D eigenvalue weighted by Crippen LogP contribution is 2.40. The van der Waals surface area contributed by atoms with E-state index in [0.717, 1.165) is 11.3 Å². The second-order valence-corrected chi connectivity index (χ2v) is 6.09. The van der Waals surface area contributed by atoms with Crippen LogP contribution in [0.25, 0.3) is 5.69 Å². The van der Waals surface area contributed by atoms with Crippen molar-refractivity contribution in [1.29, 1.82) is 0 Å². The average Bonchev–Trinajstić information content (AvgIpc) is 3.25. The number of fused-ring (bicyclic) bond motifs is 1. The van der Waals surface area contributed by atoms with E-state index in [2.05, 4.69) is 27.8 Å².